The Morgan fingerprint density at radius 3 is 2.62 bits per heavy atom. The first-order valence-electron chi connectivity index (χ1n) is 4.53. The summed E-state index contributed by atoms with van der Waals surface area (Å²) >= 11 is 3.15. The van der Waals surface area contributed by atoms with Crippen LogP contribution in [0.2, 0.25) is 0 Å². The van der Waals surface area contributed by atoms with Crippen LogP contribution in [0.5, 0.6) is 0 Å². The fourth-order valence-electron chi connectivity index (χ4n) is 1.60. The third-order valence-electron chi connectivity index (χ3n) is 2.36. The average Bonchev–Trinajstić information content (AvgIpc) is 2.16. The number of nitrogens with one attached hydrogen (secondary N) is 1. The minimum Gasteiger partial charge on any atom is -0.326 e. The number of aryl methyl sites for hydroxylation is 1. The van der Waals surface area contributed by atoms with E-state index in [1.165, 1.54) is 6.07 Å². The molecule has 1 aliphatic heterocycles. The fourth-order valence-corrected chi connectivity index (χ4v) is 3.28. The van der Waals surface area contributed by atoms with Gasteiger partial charge in [-0.05, 0) is 40.0 Å². The van der Waals surface area contributed by atoms with Crippen molar-refractivity contribution in [1.82, 2.24) is 0 Å². The molecular weight excluding hydrogens is 296 g/mol. The highest BCUT2D eigenvalue weighted by molar-refractivity contribution is 9.10. The van der Waals surface area contributed by atoms with Crippen LogP contribution < -0.4 is 10.5 Å². The molecule has 0 atom stereocenters. The lowest BCUT2D eigenvalue weighted by molar-refractivity contribution is -0.116. The van der Waals surface area contributed by atoms with Crippen molar-refractivity contribution in [3.8, 4) is 0 Å². The number of anilines is 1. The van der Waals surface area contributed by atoms with Crippen LogP contribution in [0.4, 0.5) is 5.69 Å². The molecule has 1 amide bonds. The second-order valence-corrected chi connectivity index (χ2v) is 5.92. The van der Waals surface area contributed by atoms with E-state index in [-0.39, 0.29) is 10.8 Å². The Hall–Kier alpha value is -0.920. The number of primary sulfonamides is 1. The Kier molecular flexibility index (Phi) is 2.77. The third-order valence-corrected chi connectivity index (χ3v) is 4.23. The summed E-state index contributed by atoms with van der Waals surface area (Å²) in [5.41, 5.74) is 1.42. The SMILES string of the molecule is NS(=O)(=O)c1cc2c(cc1Br)CCC(=O)N2. The van der Waals surface area contributed by atoms with E-state index in [4.69, 9.17) is 5.14 Å². The topological polar surface area (TPSA) is 89.3 Å². The molecular formula is C9H9BrN2O3S. The molecule has 0 spiro atoms. The molecule has 1 aromatic carbocycles. The molecule has 0 unspecified atom stereocenters. The average molecular weight is 305 g/mol. The van der Waals surface area contributed by atoms with Gasteiger partial charge in [-0.1, -0.05) is 0 Å². The van der Waals surface area contributed by atoms with Crippen molar-refractivity contribution in [2.75, 3.05) is 5.32 Å². The number of nitrogens with two attached hydrogens (primary N) is 1. The summed E-state index contributed by atoms with van der Waals surface area (Å²) in [6.07, 6.45) is 1.01. The van der Waals surface area contributed by atoms with Crippen molar-refractivity contribution in [3.63, 3.8) is 0 Å². The van der Waals surface area contributed by atoms with Crippen LogP contribution in [-0.2, 0) is 21.2 Å². The number of sulfonamides is 1. The summed E-state index contributed by atoms with van der Waals surface area (Å²) in [5, 5.41) is 7.67. The normalized spacial score (nSPS) is 15.5. The highest BCUT2D eigenvalue weighted by atomic mass is 79.9. The maximum atomic E-state index is 11.3. The zero-order valence-electron chi connectivity index (χ0n) is 8.16. The van der Waals surface area contributed by atoms with Gasteiger partial charge in [-0.2, -0.15) is 0 Å². The lowest BCUT2D eigenvalue weighted by Crippen LogP contribution is -2.20. The standard InChI is InChI=1S/C9H9BrN2O3S/c10-6-3-5-1-2-9(13)12-7(5)4-8(6)16(11,14)15/h3-4H,1-2H2,(H,12,13)(H2,11,14,15). The third kappa shape index (κ3) is 2.11. The van der Waals surface area contributed by atoms with Gasteiger partial charge in [-0.3, -0.25) is 4.79 Å². The number of fused-ring (bicyclic) bond motifs is 1. The first-order valence-corrected chi connectivity index (χ1v) is 6.87. The highest BCUT2D eigenvalue weighted by Gasteiger charge is 2.20. The van der Waals surface area contributed by atoms with Crippen LogP contribution in [0, 0.1) is 0 Å². The molecule has 0 aromatic heterocycles. The fraction of sp³-hybridized carbons (Fsp3) is 0.222. The van der Waals surface area contributed by atoms with E-state index in [1.54, 1.807) is 6.07 Å². The number of carbonyl (C=O) groups is 1. The van der Waals surface area contributed by atoms with Gasteiger partial charge < -0.3 is 5.32 Å². The van der Waals surface area contributed by atoms with Crippen molar-refractivity contribution in [1.29, 1.82) is 0 Å². The summed E-state index contributed by atoms with van der Waals surface area (Å²) in [7, 11) is -3.78. The van der Waals surface area contributed by atoms with Gasteiger partial charge in [0.25, 0.3) is 0 Å². The predicted molar refractivity (Wildman–Crippen MR) is 62.5 cm³/mol. The number of halogens is 1. The molecule has 0 aliphatic carbocycles. The van der Waals surface area contributed by atoms with E-state index in [9.17, 15) is 13.2 Å². The molecule has 86 valence electrons. The van der Waals surface area contributed by atoms with E-state index in [0.717, 1.165) is 5.56 Å². The largest absolute Gasteiger partial charge is 0.326 e. The second-order valence-electron chi connectivity index (χ2n) is 3.53. The van der Waals surface area contributed by atoms with Gasteiger partial charge >= 0.3 is 0 Å². The van der Waals surface area contributed by atoms with Crippen LogP contribution in [0.25, 0.3) is 0 Å². The Morgan fingerprint density at radius 2 is 2.00 bits per heavy atom. The second kappa shape index (κ2) is 3.83. The van der Waals surface area contributed by atoms with E-state index < -0.39 is 10.0 Å². The maximum Gasteiger partial charge on any atom is 0.239 e. The lowest BCUT2D eigenvalue weighted by Gasteiger charge is -2.18. The van der Waals surface area contributed by atoms with Crippen LogP contribution in [0.1, 0.15) is 12.0 Å². The Morgan fingerprint density at radius 1 is 1.31 bits per heavy atom. The Labute approximate surface area is 101 Å². The number of rotatable bonds is 1. The van der Waals surface area contributed by atoms with Crippen LogP contribution in [0.3, 0.4) is 0 Å². The van der Waals surface area contributed by atoms with Crippen molar-refractivity contribution >= 4 is 37.5 Å². The van der Waals surface area contributed by atoms with Gasteiger partial charge in [-0.25, -0.2) is 13.6 Å². The minimum absolute atomic E-state index is 0.0200. The first kappa shape index (κ1) is 11.6. The van der Waals surface area contributed by atoms with Crippen LogP contribution in [0.15, 0.2) is 21.5 Å². The van der Waals surface area contributed by atoms with E-state index in [1.807, 2.05) is 0 Å². The molecule has 0 fully saturated rings. The van der Waals surface area contributed by atoms with Crippen molar-refractivity contribution < 1.29 is 13.2 Å². The highest BCUT2D eigenvalue weighted by Crippen LogP contribution is 2.31. The number of carbonyl (C=O) groups excluding carboxylic acids is 1. The van der Waals surface area contributed by atoms with E-state index in [0.29, 0.717) is 23.0 Å². The molecule has 2 rings (SSSR count). The molecule has 0 saturated heterocycles. The van der Waals surface area contributed by atoms with Crippen molar-refractivity contribution in [2.24, 2.45) is 5.14 Å². The number of benzene rings is 1. The molecule has 0 saturated carbocycles. The van der Waals surface area contributed by atoms with Gasteiger partial charge in [0.05, 0.1) is 4.90 Å². The van der Waals surface area contributed by atoms with Crippen LogP contribution >= 0.6 is 15.9 Å². The summed E-state index contributed by atoms with van der Waals surface area (Å²) in [6, 6.07) is 3.06. The molecule has 16 heavy (non-hydrogen) atoms. The number of amides is 1. The summed E-state index contributed by atoms with van der Waals surface area (Å²) in [5.74, 6) is -0.116. The first-order chi connectivity index (χ1) is 7.38. The van der Waals surface area contributed by atoms with Gasteiger partial charge in [0.2, 0.25) is 15.9 Å². The zero-order chi connectivity index (χ0) is 11.9. The quantitative estimate of drug-likeness (QED) is 0.810. The molecule has 3 N–H and O–H groups in total. The van der Waals surface area contributed by atoms with Crippen LogP contribution in [-0.4, -0.2) is 14.3 Å². The smallest absolute Gasteiger partial charge is 0.239 e. The number of hydrogen-bond donors (Lipinski definition) is 2. The maximum absolute atomic E-state index is 11.3. The minimum atomic E-state index is -3.78. The van der Waals surface area contributed by atoms with E-state index >= 15 is 0 Å². The predicted octanol–water partition coefficient (Wildman–Crippen LogP) is 0.981. The van der Waals surface area contributed by atoms with Gasteiger partial charge in [0, 0.05) is 16.6 Å². The van der Waals surface area contributed by atoms with Gasteiger partial charge in [-0.15, -0.1) is 0 Å². The Bertz CT molecular complexity index is 568. The monoisotopic (exact) mass is 304 g/mol. The van der Waals surface area contributed by atoms with E-state index in [2.05, 4.69) is 21.2 Å². The van der Waals surface area contributed by atoms with Gasteiger partial charge in [0.15, 0.2) is 0 Å². The summed E-state index contributed by atoms with van der Waals surface area (Å²) < 4.78 is 22.9. The summed E-state index contributed by atoms with van der Waals surface area (Å²) in [6.45, 7) is 0. The molecule has 0 bridgehead atoms. The molecule has 7 heteroatoms. The molecule has 1 aromatic rings. The van der Waals surface area contributed by atoms with Crippen molar-refractivity contribution in [2.45, 2.75) is 17.7 Å². The summed E-state index contributed by atoms with van der Waals surface area (Å²) in [4.78, 5) is 11.1. The number of hydrogen-bond acceptors (Lipinski definition) is 3. The van der Waals surface area contributed by atoms with Crippen molar-refractivity contribution in [3.05, 3.63) is 22.2 Å². The lowest BCUT2D eigenvalue weighted by atomic mass is 10.0. The zero-order valence-corrected chi connectivity index (χ0v) is 10.6. The molecule has 1 heterocycles. The molecule has 1 aliphatic rings. The Balaban J connectivity index is 2.60. The van der Waals surface area contributed by atoms with Gasteiger partial charge in [0.1, 0.15) is 0 Å². The molecule has 5 nitrogen and oxygen atoms in total. The molecule has 0 radical (unpaired) electrons.